The van der Waals surface area contributed by atoms with Crippen LogP contribution in [0.5, 0.6) is 0 Å². The molecule has 1 aliphatic heterocycles. The highest BCUT2D eigenvalue weighted by molar-refractivity contribution is 6.31. The molecule has 1 aliphatic carbocycles. The summed E-state index contributed by atoms with van der Waals surface area (Å²) in [6.45, 7) is 0.908. The van der Waals surface area contributed by atoms with E-state index in [9.17, 15) is 5.11 Å². The predicted octanol–water partition coefficient (Wildman–Crippen LogP) is 6.24. The maximum Gasteiger partial charge on any atom is 0.0695 e. The maximum atomic E-state index is 10.8. The Hall–Kier alpha value is -1.78. The number of aromatic amines is 1. The Bertz CT molecular complexity index is 1030. The molecular formula is C25H26Cl2N2O. The quantitative estimate of drug-likeness (QED) is 0.505. The van der Waals surface area contributed by atoms with Gasteiger partial charge in [0.1, 0.15) is 0 Å². The van der Waals surface area contributed by atoms with E-state index < -0.39 is 0 Å². The van der Waals surface area contributed by atoms with Crippen molar-refractivity contribution in [1.82, 2.24) is 9.88 Å². The predicted molar refractivity (Wildman–Crippen MR) is 123 cm³/mol. The molecule has 3 aromatic rings. The van der Waals surface area contributed by atoms with Crippen molar-refractivity contribution in [1.29, 1.82) is 0 Å². The van der Waals surface area contributed by atoms with Gasteiger partial charge in [-0.15, -0.1) is 0 Å². The molecule has 1 fully saturated rings. The molecule has 0 bridgehead atoms. The molecule has 30 heavy (non-hydrogen) atoms. The van der Waals surface area contributed by atoms with Crippen LogP contribution in [-0.4, -0.2) is 33.7 Å². The Morgan fingerprint density at radius 2 is 1.70 bits per heavy atom. The zero-order valence-electron chi connectivity index (χ0n) is 16.8. The monoisotopic (exact) mass is 440 g/mol. The second-order valence-electron chi connectivity index (χ2n) is 8.45. The number of aliphatic hydroxyl groups is 1. The number of benzene rings is 2. The van der Waals surface area contributed by atoms with Gasteiger partial charge in [0, 0.05) is 40.4 Å². The van der Waals surface area contributed by atoms with Crippen LogP contribution < -0.4 is 0 Å². The van der Waals surface area contributed by atoms with Crippen molar-refractivity contribution in [3.8, 4) is 11.3 Å². The van der Waals surface area contributed by atoms with Crippen LogP contribution in [0.25, 0.3) is 11.3 Å². The Balaban J connectivity index is 1.60. The first-order valence-corrected chi connectivity index (χ1v) is 11.5. The van der Waals surface area contributed by atoms with E-state index >= 15 is 0 Å². The smallest absolute Gasteiger partial charge is 0.0695 e. The molecule has 0 amide bonds. The number of fused-ring (bicyclic) bond motifs is 1. The van der Waals surface area contributed by atoms with E-state index in [1.54, 1.807) is 0 Å². The number of aromatic nitrogens is 1. The van der Waals surface area contributed by atoms with Gasteiger partial charge in [0.05, 0.1) is 12.1 Å². The lowest BCUT2D eigenvalue weighted by Crippen LogP contribution is -2.50. The maximum absolute atomic E-state index is 10.8. The first-order chi connectivity index (χ1) is 14.6. The summed E-state index contributed by atoms with van der Waals surface area (Å²) < 4.78 is 0. The molecule has 156 valence electrons. The van der Waals surface area contributed by atoms with E-state index in [0.717, 1.165) is 59.1 Å². The van der Waals surface area contributed by atoms with E-state index in [2.05, 4.69) is 28.1 Å². The van der Waals surface area contributed by atoms with Gasteiger partial charge in [0.25, 0.3) is 0 Å². The number of nitrogens with zero attached hydrogens (tertiary/aromatic N) is 1. The molecule has 0 radical (unpaired) electrons. The fraction of sp³-hybridized carbons (Fsp3) is 0.360. The van der Waals surface area contributed by atoms with E-state index in [1.165, 1.54) is 17.7 Å². The number of halogens is 2. The van der Waals surface area contributed by atoms with Gasteiger partial charge >= 0.3 is 0 Å². The van der Waals surface area contributed by atoms with Crippen molar-refractivity contribution in [2.24, 2.45) is 0 Å². The lowest BCUT2D eigenvalue weighted by atomic mass is 9.85. The molecule has 2 N–H and O–H groups in total. The summed E-state index contributed by atoms with van der Waals surface area (Å²) in [6.07, 6.45) is 4.85. The standard InChI is InChI=1S/C25H26Cl2N2O/c26-17-11-9-16(10-12-17)22-15-19-21(28-22)13-14-29(23-7-3-4-8-24(23)30)25(19)18-5-1-2-6-20(18)27/h1-2,5-6,9-12,15,23-25,28,30H,3-4,7-8,13-14H2/t23-,24-,25?/m1/s1. The average molecular weight is 441 g/mol. The largest absolute Gasteiger partial charge is 0.391 e. The minimum atomic E-state index is -0.278. The van der Waals surface area contributed by atoms with Crippen LogP contribution in [0.2, 0.25) is 10.0 Å². The Labute approximate surface area is 187 Å². The summed E-state index contributed by atoms with van der Waals surface area (Å²) in [4.78, 5) is 6.14. The average Bonchev–Trinajstić information content (AvgIpc) is 3.19. The highest BCUT2D eigenvalue weighted by atomic mass is 35.5. The molecule has 2 aromatic carbocycles. The van der Waals surface area contributed by atoms with Crippen molar-refractivity contribution in [2.75, 3.05) is 6.54 Å². The fourth-order valence-corrected chi connectivity index (χ4v) is 5.54. The van der Waals surface area contributed by atoms with Crippen molar-refractivity contribution < 1.29 is 5.11 Å². The number of aliphatic hydroxyl groups excluding tert-OH is 1. The van der Waals surface area contributed by atoms with E-state index in [1.807, 2.05) is 36.4 Å². The second kappa shape index (κ2) is 8.39. The fourth-order valence-electron chi connectivity index (χ4n) is 5.18. The first-order valence-electron chi connectivity index (χ1n) is 10.8. The van der Waals surface area contributed by atoms with Gasteiger partial charge in [0.2, 0.25) is 0 Å². The summed E-state index contributed by atoms with van der Waals surface area (Å²) in [7, 11) is 0. The third-order valence-corrected chi connectivity index (χ3v) is 7.25. The minimum Gasteiger partial charge on any atom is -0.391 e. The zero-order chi connectivity index (χ0) is 20.7. The first kappa shape index (κ1) is 20.1. The molecule has 1 unspecified atom stereocenters. The minimum absolute atomic E-state index is 0.0394. The molecule has 2 heterocycles. The van der Waals surface area contributed by atoms with Crippen LogP contribution in [0, 0.1) is 0 Å². The molecule has 3 atom stereocenters. The number of nitrogens with one attached hydrogen (secondary N) is 1. The summed E-state index contributed by atoms with van der Waals surface area (Å²) in [5.74, 6) is 0. The van der Waals surface area contributed by atoms with Gasteiger partial charge in [-0.2, -0.15) is 0 Å². The Kier molecular flexibility index (Phi) is 5.63. The molecule has 5 heteroatoms. The van der Waals surface area contributed by atoms with Crippen molar-refractivity contribution in [3.05, 3.63) is 81.5 Å². The van der Waals surface area contributed by atoms with Gasteiger partial charge in [-0.25, -0.2) is 0 Å². The number of hydrogen-bond acceptors (Lipinski definition) is 2. The summed E-state index contributed by atoms with van der Waals surface area (Å²) in [5.41, 5.74) is 5.85. The molecular weight excluding hydrogens is 415 g/mol. The van der Waals surface area contributed by atoms with Gasteiger partial charge in [-0.3, -0.25) is 4.90 Å². The van der Waals surface area contributed by atoms with Gasteiger partial charge < -0.3 is 10.1 Å². The summed E-state index contributed by atoms with van der Waals surface area (Å²) in [6, 6.07) is 18.5. The molecule has 1 aromatic heterocycles. The highest BCUT2D eigenvalue weighted by Crippen LogP contribution is 2.43. The molecule has 5 rings (SSSR count). The molecule has 2 aliphatic rings. The van der Waals surface area contributed by atoms with Crippen LogP contribution in [0.3, 0.4) is 0 Å². The van der Waals surface area contributed by atoms with Crippen LogP contribution in [-0.2, 0) is 6.42 Å². The van der Waals surface area contributed by atoms with Gasteiger partial charge in [0.15, 0.2) is 0 Å². The molecule has 3 nitrogen and oxygen atoms in total. The lowest BCUT2D eigenvalue weighted by Gasteiger charge is -2.45. The van der Waals surface area contributed by atoms with Crippen LogP contribution in [0.15, 0.2) is 54.6 Å². The highest BCUT2D eigenvalue weighted by Gasteiger charge is 2.39. The molecule has 1 saturated carbocycles. The van der Waals surface area contributed by atoms with E-state index in [4.69, 9.17) is 23.2 Å². The molecule has 0 saturated heterocycles. The normalized spacial score (nSPS) is 24.6. The van der Waals surface area contributed by atoms with Crippen molar-refractivity contribution in [2.45, 2.75) is 50.3 Å². The summed E-state index contributed by atoms with van der Waals surface area (Å²) >= 11 is 12.8. The Morgan fingerprint density at radius 1 is 0.933 bits per heavy atom. The van der Waals surface area contributed by atoms with Crippen LogP contribution in [0.1, 0.15) is 48.5 Å². The van der Waals surface area contributed by atoms with Crippen molar-refractivity contribution >= 4 is 23.2 Å². The van der Waals surface area contributed by atoms with Gasteiger partial charge in [-0.1, -0.05) is 66.4 Å². The van der Waals surface area contributed by atoms with Crippen LogP contribution >= 0.6 is 23.2 Å². The second-order valence-corrected chi connectivity index (χ2v) is 9.30. The number of rotatable bonds is 3. The number of hydrogen-bond donors (Lipinski definition) is 2. The van der Waals surface area contributed by atoms with Gasteiger partial charge in [-0.05, 0) is 53.8 Å². The third-order valence-electron chi connectivity index (χ3n) is 6.66. The van der Waals surface area contributed by atoms with E-state index in [-0.39, 0.29) is 18.2 Å². The lowest BCUT2D eigenvalue weighted by molar-refractivity contribution is 0.00203. The van der Waals surface area contributed by atoms with Crippen molar-refractivity contribution in [3.63, 3.8) is 0 Å². The van der Waals surface area contributed by atoms with Crippen LogP contribution in [0.4, 0.5) is 0 Å². The molecule has 0 spiro atoms. The SMILES string of the molecule is O[C@@H]1CCCC[C@H]1N1CCc2[nH]c(-c3ccc(Cl)cc3)cc2C1c1ccccc1Cl. The van der Waals surface area contributed by atoms with E-state index in [0.29, 0.717) is 0 Å². The zero-order valence-corrected chi connectivity index (χ0v) is 18.3. The topological polar surface area (TPSA) is 39.3 Å². The summed E-state index contributed by atoms with van der Waals surface area (Å²) in [5, 5.41) is 12.3. The number of H-pyrrole nitrogens is 1. The third kappa shape index (κ3) is 3.69. The Morgan fingerprint density at radius 3 is 2.47 bits per heavy atom.